The van der Waals surface area contributed by atoms with E-state index < -0.39 is 0 Å². The van der Waals surface area contributed by atoms with Crippen LogP contribution in [0.1, 0.15) is 17.7 Å². The van der Waals surface area contributed by atoms with Gasteiger partial charge in [-0.15, -0.1) is 5.10 Å². The van der Waals surface area contributed by atoms with E-state index in [4.69, 9.17) is 16.9 Å². The topological polar surface area (TPSA) is 68.9 Å². The van der Waals surface area contributed by atoms with E-state index in [9.17, 15) is 0 Å². The van der Waals surface area contributed by atoms with Crippen LogP contribution in [-0.2, 0) is 6.42 Å². The summed E-state index contributed by atoms with van der Waals surface area (Å²) in [7, 11) is 0. The minimum Gasteiger partial charge on any atom is -0.353 e. The van der Waals surface area contributed by atoms with E-state index in [-0.39, 0.29) is 0 Å². The zero-order valence-electron chi connectivity index (χ0n) is 17.7. The molecule has 0 bridgehead atoms. The molecule has 1 atom stereocenters. The number of benzene rings is 1. The lowest BCUT2D eigenvalue weighted by molar-refractivity contribution is 0.626. The summed E-state index contributed by atoms with van der Waals surface area (Å²) >= 11 is 6.20. The Bertz CT molecular complexity index is 1220. The highest BCUT2D eigenvalue weighted by molar-refractivity contribution is 6.31. The number of anilines is 2. The van der Waals surface area contributed by atoms with E-state index in [0.29, 0.717) is 11.5 Å². The molecular weight excluding hydrogens is 420 g/mol. The first-order valence-corrected chi connectivity index (χ1v) is 11.2. The van der Waals surface area contributed by atoms with Gasteiger partial charge in [-0.2, -0.15) is 10.4 Å². The Morgan fingerprint density at radius 2 is 1.78 bits per heavy atom. The van der Waals surface area contributed by atoms with Gasteiger partial charge in [0.05, 0.1) is 11.3 Å². The van der Waals surface area contributed by atoms with Crippen LogP contribution in [0.25, 0.3) is 10.8 Å². The molecule has 2 aliphatic rings. The number of hydrogen-bond acceptors (Lipinski definition) is 6. The number of nitriles is 1. The molecule has 1 aliphatic carbocycles. The summed E-state index contributed by atoms with van der Waals surface area (Å²) in [5.74, 6) is 2.19. The molecule has 5 rings (SSSR count). The Morgan fingerprint density at radius 3 is 2.50 bits per heavy atom. The van der Waals surface area contributed by atoms with E-state index >= 15 is 0 Å². The number of halogens is 1. The van der Waals surface area contributed by atoms with Gasteiger partial charge in [0.15, 0.2) is 5.82 Å². The maximum absolute atomic E-state index is 8.97. The van der Waals surface area contributed by atoms with Crippen molar-refractivity contribution in [2.45, 2.75) is 12.8 Å². The molecule has 1 aromatic carbocycles. The molecule has 0 amide bonds. The Labute approximate surface area is 192 Å². The molecule has 0 N–H and O–H groups in total. The Kier molecular flexibility index (Phi) is 5.74. The minimum atomic E-state index is 0.347. The molecule has 3 heterocycles. The van der Waals surface area contributed by atoms with E-state index in [2.05, 4.69) is 67.5 Å². The Morgan fingerprint density at radius 1 is 1.00 bits per heavy atom. The van der Waals surface area contributed by atoms with E-state index in [1.165, 1.54) is 0 Å². The van der Waals surface area contributed by atoms with Gasteiger partial charge in [-0.05, 0) is 37.0 Å². The first kappa shape index (κ1) is 20.5. The first-order chi connectivity index (χ1) is 15.7. The molecule has 3 aromatic rings. The minimum absolute atomic E-state index is 0.347. The van der Waals surface area contributed by atoms with Gasteiger partial charge in [-0.3, -0.25) is 0 Å². The van der Waals surface area contributed by atoms with Gasteiger partial charge in [0.2, 0.25) is 0 Å². The summed E-state index contributed by atoms with van der Waals surface area (Å²) in [4.78, 5) is 8.98. The normalized spacial score (nSPS) is 18.5. The monoisotopic (exact) mass is 442 g/mol. The lowest BCUT2D eigenvalue weighted by Crippen LogP contribution is -2.47. The largest absolute Gasteiger partial charge is 0.353 e. The second kappa shape index (κ2) is 8.97. The fourth-order valence-corrected chi connectivity index (χ4v) is 4.68. The summed E-state index contributed by atoms with van der Waals surface area (Å²) < 4.78 is 0. The average Bonchev–Trinajstić information content (AvgIpc) is 2.85. The standard InChI is InChI=1S/C25H23ClN6/c26-20-5-3-4-18(14-20)15-23-21-6-1-2-7-22(21)25(30-29-23)32-12-10-31(11-13-32)24-9-8-19(16-27)17-28-24/h1-3,5-9,14,17-18H,4,10-13,15H2. The maximum Gasteiger partial charge on any atom is 0.159 e. The van der Waals surface area contributed by atoms with Crippen LogP contribution in [-0.4, -0.2) is 41.4 Å². The van der Waals surface area contributed by atoms with Crippen molar-refractivity contribution in [1.82, 2.24) is 15.2 Å². The zero-order chi connectivity index (χ0) is 21.9. The van der Waals surface area contributed by atoms with Crippen molar-refractivity contribution >= 4 is 34.0 Å². The van der Waals surface area contributed by atoms with Crippen molar-refractivity contribution in [2.24, 2.45) is 5.92 Å². The third kappa shape index (κ3) is 4.17. The molecular formula is C25H23ClN6. The van der Waals surface area contributed by atoms with Crippen LogP contribution in [0.15, 0.2) is 65.9 Å². The number of hydrogen-bond donors (Lipinski definition) is 0. The second-order valence-electron chi connectivity index (χ2n) is 8.16. The molecule has 0 saturated carbocycles. The van der Waals surface area contributed by atoms with Crippen LogP contribution in [0.2, 0.25) is 0 Å². The molecule has 1 aliphatic heterocycles. The third-order valence-corrected chi connectivity index (χ3v) is 6.34. The van der Waals surface area contributed by atoms with Crippen molar-refractivity contribution < 1.29 is 0 Å². The number of pyridine rings is 1. The van der Waals surface area contributed by atoms with Crippen LogP contribution in [0.5, 0.6) is 0 Å². The highest BCUT2D eigenvalue weighted by Crippen LogP contribution is 2.30. The Hall–Kier alpha value is -3.43. The molecule has 6 nitrogen and oxygen atoms in total. The summed E-state index contributed by atoms with van der Waals surface area (Å²) in [6.07, 6.45) is 9.62. The summed E-state index contributed by atoms with van der Waals surface area (Å²) in [5, 5.41) is 21.4. The molecule has 2 aromatic heterocycles. The van der Waals surface area contributed by atoms with Crippen molar-refractivity contribution in [2.75, 3.05) is 36.0 Å². The second-order valence-corrected chi connectivity index (χ2v) is 8.60. The van der Waals surface area contributed by atoms with E-state index in [0.717, 1.165) is 72.2 Å². The van der Waals surface area contributed by atoms with Crippen molar-refractivity contribution in [3.8, 4) is 6.07 Å². The maximum atomic E-state index is 8.97. The van der Waals surface area contributed by atoms with Gasteiger partial charge in [0.25, 0.3) is 0 Å². The number of nitrogens with zero attached hydrogens (tertiary/aromatic N) is 6. The summed E-state index contributed by atoms with van der Waals surface area (Å²) in [6, 6.07) is 14.3. The van der Waals surface area contributed by atoms with Crippen LogP contribution in [0.3, 0.4) is 0 Å². The Balaban J connectivity index is 1.35. The molecule has 1 unspecified atom stereocenters. The number of allylic oxidation sites excluding steroid dienone is 4. The number of piperazine rings is 1. The number of aromatic nitrogens is 3. The molecule has 1 fully saturated rings. The number of rotatable bonds is 4. The van der Waals surface area contributed by atoms with Gasteiger partial charge >= 0.3 is 0 Å². The van der Waals surface area contributed by atoms with Crippen molar-refractivity contribution in [1.29, 1.82) is 5.26 Å². The predicted molar refractivity (Wildman–Crippen MR) is 128 cm³/mol. The quantitative estimate of drug-likeness (QED) is 0.594. The molecule has 0 radical (unpaired) electrons. The lowest BCUT2D eigenvalue weighted by atomic mass is 9.93. The third-order valence-electron chi connectivity index (χ3n) is 6.09. The fraction of sp³-hybridized carbons (Fsp3) is 0.280. The molecule has 7 heteroatoms. The van der Waals surface area contributed by atoms with E-state index in [1.807, 2.05) is 18.2 Å². The van der Waals surface area contributed by atoms with Crippen molar-refractivity contribution in [3.63, 3.8) is 0 Å². The van der Waals surface area contributed by atoms with Gasteiger partial charge in [0.1, 0.15) is 11.9 Å². The van der Waals surface area contributed by atoms with Gasteiger partial charge < -0.3 is 9.80 Å². The highest BCUT2D eigenvalue weighted by Gasteiger charge is 2.22. The zero-order valence-corrected chi connectivity index (χ0v) is 18.4. The van der Waals surface area contributed by atoms with Crippen LogP contribution in [0, 0.1) is 17.2 Å². The summed E-state index contributed by atoms with van der Waals surface area (Å²) in [5.41, 5.74) is 1.60. The SMILES string of the molecule is N#Cc1ccc(N2CCN(c3nnc(CC4C=C(Cl)C=CC4)c4ccccc34)CC2)nc1. The first-order valence-electron chi connectivity index (χ1n) is 10.9. The molecule has 0 spiro atoms. The molecule has 1 saturated heterocycles. The smallest absolute Gasteiger partial charge is 0.159 e. The summed E-state index contributed by atoms with van der Waals surface area (Å²) in [6.45, 7) is 3.36. The predicted octanol–water partition coefficient (Wildman–Crippen LogP) is 4.46. The number of fused-ring (bicyclic) bond motifs is 1. The highest BCUT2D eigenvalue weighted by atomic mass is 35.5. The van der Waals surface area contributed by atoms with Gasteiger partial charge in [-0.1, -0.05) is 48.0 Å². The van der Waals surface area contributed by atoms with Crippen LogP contribution < -0.4 is 9.80 Å². The average molecular weight is 443 g/mol. The fourth-order valence-electron chi connectivity index (χ4n) is 4.41. The molecule has 32 heavy (non-hydrogen) atoms. The van der Waals surface area contributed by atoms with Crippen molar-refractivity contribution in [3.05, 3.63) is 77.1 Å². The van der Waals surface area contributed by atoms with Gasteiger partial charge in [0, 0.05) is 48.2 Å². The lowest BCUT2D eigenvalue weighted by Gasteiger charge is -2.36. The van der Waals surface area contributed by atoms with Crippen LogP contribution >= 0.6 is 11.6 Å². The molecule has 160 valence electrons. The van der Waals surface area contributed by atoms with E-state index in [1.54, 1.807) is 6.20 Å². The van der Waals surface area contributed by atoms with Crippen LogP contribution in [0.4, 0.5) is 11.6 Å². The van der Waals surface area contributed by atoms with Gasteiger partial charge in [-0.25, -0.2) is 4.98 Å².